The number of carbonyl (C=O) groups is 3. The molecule has 3 amide bonds. The summed E-state index contributed by atoms with van der Waals surface area (Å²) in [4.78, 5) is 33.5. The molecule has 0 spiro atoms. The van der Waals surface area contributed by atoms with Crippen LogP contribution in [0.3, 0.4) is 0 Å². The fraction of sp³-hybridized carbons (Fsp3) is 0.357. The zero-order valence-electron chi connectivity index (χ0n) is 12.0. The molecule has 1 aromatic carbocycles. The molecule has 0 unspecified atom stereocenters. The molecule has 5 N–H and O–H groups in total. The standard InChI is InChI=1S/C14H19N3O4/c1-14(2,7-11(15)18)17-13(21)16-8-9-4-3-5-10(6-9)12(19)20/h3-6H,7-8H2,1-2H3,(H2,15,18)(H,19,20)(H2,16,17,21). The number of hydrogen-bond donors (Lipinski definition) is 4. The molecule has 0 aliphatic carbocycles. The summed E-state index contributed by atoms with van der Waals surface area (Å²) in [6.45, 7) is 3.55. The van der Waals surface area contributed by atoms with Gasteiger partial charge in [-0.15, -0.1) is 0 Å². The van der Waals surface area contributed by atoms with Crippen molar-refractivity contribution in [3.05, 3.63) is 35.4 Å². The van der Waals surface area contributed by atoms with E-state index < -0.39 is 23.4 Å². The highest BCUT2D eigenvalue weighted by Gasteiger charge is 2.22. The van der Waals surface area contributed by atoms with E-state index in [-0.39, 0.29) is 18.5 Å². The molecule has 0 heterocycles. The number of amides is 3. The number of benzene rings is 1. The molecular formula is C14H19N3O4. The van der Waals surface area contributed by atoms with Crippen LogP contribution in [-0.4, -0.2) is 28.6 Å². The fourth-order valence-corrected chi connectivity index (χ4v) is 1.83. The van der Waals surface area contributed by atoms with Gasteiger partial charge in [0.2, 0.25) is 5.91 Å². The summed E-state index contributed by atoms with van der Waals surface area (Å²) < 4.78 is 0. The monoisotopic (exact) mass is 293 g/mol. The Kier molecular flexibility index (Phi) is 5.29. The average molecular weight is 293 g/mol. The predicted molar refractivity (Wildman–Crippen MR) is 76.7 cm³/mol. The second kappa shape index (κ2) is 6.74. The van der Waals surface area contributed by atoms with Gasteiger partial charge in [0.15, 0.2) is 0 Å². The molecule has 0 fully saturated rings. The first-order valence-corrected chi connectivity index (χ1v) is 6.36. The molecule has 0 aromatic heterocycles. The maximum absolute atomic E-state index is 11.7. The smallest absolute Gasteiger partial charge is 0.335 e. The molecular weight excluding hydrogens is 274 g/mol. The van der Waals surface area contributed by atoms with E-state index in [4.69, 9.17) is 10.8 Å². The van der Waals surface area contributed by atoms with E-state index in [1.54, 1.807) is 26.0 Å². The lowest BCUT2D eigenvalue weighted by atomic mass is 10.0. The van der Waals surface area contributed by atoms with Crippen molar-refractivity contribution in [1.29, 1.82) is 0 Å². The summed E-state index contributed by atoms with van der Waals surface area (Å²) in [5.41, 5.74) is 5.17. The van der Waals surface area contributed by atoms with Crippen LogP contribution in [0.4, 0.5) is 4.79 Å². The van der Waals surface area contributed by atoms with Gasteiger partial charge in [-0.3, -0.25) is 4.79 Å². The van der Waals surface area contributed by atoms with Crippen LogP contribution in [0.25, 0.3) is 0 Å². The van der Waals surface area contributed by atoms with Crippen LogP contribution < -0.4 is 16.4 Å². The van der Waals surface area contributed by atoms with Crippen molar-refractivity contribution in [3.8, 4) is 0 Å². The van der Waals surface area contributed by atoms with Gasteiger partial charge in [-0.2, -0.15) is 0 Å². The van der Waals surface area contributed by atoms with Gasteiger partial charge in [0.25, 0.3) is 0 Å². The second-order valence-electron chi connectivity index (χ2n) is 5.34. The van der Waals surface area contributed by atoms with Crippen LogP contribution in [0.15, 0.2) is 24.3 Å². The van der Waals surface area contributed by atoms with Crippen LogP contribution >= 0.6 is 0 Å². The van der Waals surface area contributed by atoms with Gasteiger partial charge in [0.05, 0.1) is 5.56 Å². The van der Waals surface area contributed by atoms with E-state index >= 15 is 0 Å². The molecule has 0 atom stereocenters. The highest BCUT2D eigenvalue weighted by Crippen LogP contribution is 2.08. The number of urea groups is 1. The summed E-state index contributed by atoms with van der Waals surface area (Å²) in [6.07, 6.45) is 0.0227. The van der Waals surface area contributed by atoms with Crippen molar-refractivity contribution >= 4 is 17.9 Å². The molecule has 114 valence electrons. The van der Waals surface area contributed by atoms with Crippen LogP contribution in [0.1, 0.15) is 36.2 Å². The van der Waals surface area contributed by atoms with E-state index in [2.05, 4.69) is 10.6 Å². The van der Waals surface area contributed by atoms with Gasteiger partial charge >= 0.3 is 12.0 Å². The minimum atomic E-state index is -1.02. The Morgan fingerprint density at radius 1 is 1.29 bits per heavy atom. The Hall–Kier alpha value is -2.57. The zero-order valence-corrected chi connectivity index (χ0v) is 12.0. The largest absolute Gasteiger partial charge is 0.478 e. The maximum Gasteiger partial charge on any atom is 0.335 e. The van der Waals surface area contributed by atoms with Gasteiger partial charge in [0.1, 0.15) is 0 Å². The number of carbonyl (C=O) groups excluding carboxylic acids is 2. The number of primary amides is 1. The molecule has 0 aliphatic rings. The Morgan fingerprint density at radius 3 is 2.52 bits per heavy atom. The zero-order chi connectivity index (χ0) is 16.0. The van der Waals surface area contributed by atoms with E-state index in [9.17, 15) is 14.4 Å². The highest BCUT2D eigenvalue weighted by molar-refractivity contribution is 5.87. The van der Waals surface area contributed by atoms with Crippen molar-refractivity contribution < 1.29 is 19.5 Å². The first-order chi connectivity index (χ1) is 9.69. The van der Waals surface area contributed by atoms with Crippen LogP contribution in [0, 0.1) is 0 Å². The van der Waals surface area contributed by atoms with Crippen molar-refractivity contribution in [2.75, 3.05) is 0 Å². The number of nitrogens with two attached hydrogens (primary N) is 1. The highest BCUT2D eigenvalue weighted by atomic mass is 16.4. The third-order valence-corrected chi connectivity index (χ3v) is 2.70. The molecule has 0 saturated carbocycles. The molecule has 0 aliphatic heterocycles. The average Bonchev–Trinajstić information content (AvgIpc) is 2.34. The summed E-state index contributed by atoms with van der Waals surface area (Å²) in [5, 5.41) is 14.1. The number of rotatable bonds is 6. The van der Waals surface area contributed by atoms with E-state index in [0.29, 0.717) is 5.56 Å². The summed E-state index contributed by atoms with van der Waals surface area (Å²) in [6, 6.07) is 5.82. The number of carboxylic acid groups (broad SMARTS) is 1. The van der Waals surface area contributed by atoms with Crippen molar-refractivity contribution in [2.45, 2.75) is 32.4 Å². The number of carboxylic acids is 1. The van der Waals surface area contributed by atoms with Gasteiger partial charge in [-0.1, -0.05) is 12.1 Å². The maximum atomic E-state index is 11.7. The van der Waals surface area contributed by atoms with Crippen molar-refractivity contribution in [1.82, 2.24) is 10.6 Å². The third kappa shape index (κ3) is 5.94. The number of nitrogens with one attached hydrogen (secondary N) is 2. The molecule has 0 bridgehead atoms. The van der Waals surface area contributed by atoms with Crippen LogP contribution in [-0.2, 0) is 11.3 Å². The van der Waals surface area contributed by atoms with E-state index in [1.807, 2.05) is 0 Å². The molecule has 1 aromatic rings. The predicted octanol–water partition coefficient (Wildman–Crippen LogP) is 0.838. The van der Waals surface area contributed by atoms with Crippen molar-refractivity contribution in [2.24, 2.45) is 5.73 Å². The second-order valence-corrected chi connectivity index (χ2v) is 5.34. The SMILES string of the molecule is CC(C)(CC(N)=O)NC(=O)NCc1cccc(C(=O)O)c1. The summed E-state index contributed by atoms with van der Waals surface area (Å²) in [7, 11) is 0. The first kappa shape index (κ1) is 16.5. The molecule has 21 heavy (non-hydrogen) atoms. The van der Waals surface area contributed by atoms with Gasteiger partial charge in [0, 0.05) is 18.5 Å². The molecule has 7 heteroatoms. The Morgan fingerprint density at radius 2 is 1.95 bits per heavy atom. The molecule has 0 radical (unpaired) electrons. The van der Waals surface area contributed by atoms with E-state index in [0.717, 1.165) is 0 Å². The van der Waals surface area contributed by atoms with E-state index in [1.165, 1.54) is 12.1 Å². The van der Waals surface area contributed by atoms with Crippen molar-refractivity contribution in [3.63, 3.8) is 0 Å². The number of hydrogen-bond acceptors (Lipinski definition) is 3. The number of aromatic carboxylic acids is 1. The molecule has 1 rings (SSSR count). The Balaban J connectivity index is 2.55. The quantitative estimate of drug-likeness (QED) is 0.620. The lowest BCUT2D eigenvalue weighted by Gasteiger charge is -2.24. The minimum Gasteiger partial charge on any atom is -0.478 e. The third-order valence-electron chi connectivity index (χ3n) is 2.70. The Bertz CT molecular complexity index is 555. The summed E-state index contributed by atoms with van der Waals surface area (Å²) in [5.74, 6) is -1.53. The van der Waals surface area contributed by atoms with Gasteiger partial charge in [-0.25, -0.2) is 9.59 Å². The van der Waals surface area contributed by atoms with Crippen LogP contribution in [0.2, 0.25) is 0 Å². The van der Waals surface area contributed by atoms with Crippen LogP contribution in [0.5, 0.6) is 0 Å². The minimum absolute atomic E-state index is 0.0227. The Labute approximate surface area is 122 Å². The molecule has 0 saturated heterocycles. The first-order valence-electron chi connectivity index (χ1n) is 6.36. The van der Waals surface area contributed by atoms with Gasteiger partial charge in [-0.05, 0) is 31.5 Å². The van der Waals surface area contributed by atoms with Gasteiger partial charge < -0.3 is 21.5 Å². The normalized spacial score (nSPS) is 10.8. The molecule has 7 nitrogen and oxygen atoms in total. The fourth-order valence-electron chi connectivity index (χ4n) is 1.83. The lowest BCUT2D eigenvalue weighted by Crippen LogP contribution is -2.49. The lowest BCUT2D eigenvalue weighted by molar-refractivity contribution is -0.119. The summed E-state index contributed by atoms with van der Waals surface area (Å²) >= 11 is 0. The topological polar surface area (TPSA) is 122 Å².